The Morgan fingerprint density at radius 2 is 1.77 bits per heavy atom. The van der Waals surface area contributed by atoms with E-state index in [1.165, 1.54) is 23.1 Å². The van der Waals surface area contributed by atoms with Gasteiger partial charge in [0, 0.05) is 23.7 Å². The fourth-order valence-electron chi connectivity index (χ4n) is 3.37. The van der Waals surface area contributed by atoms with Crippen LogP contribution in [0.15, 0.2) is 48.5 Å². The summed E-state index contributed by atoms with van der Waals surface area (Å²) >= 11 is 5.81. The van der Waals surface area contributed by atoms with Gasteiger partial charge in [0.25, 0.3) is 0 Å². The van der Waals surface area contributed by atoms with Crippen LogP contribution in [0.1, 0.15) is 45.4 Å². The molecule has 3 rings (SSSR count). The van der Waals surface area contributed by atoms with E-state index in [-0.39, 0.29) is 22.9 Å². The maximum atomic E-state index is 13.4. The fraction of sp³-hybridized carbons (Fsp3) is 0.346. The number of aromatic nitrogens is 2. The number of urea groups is 1. The van der Waals surface area contributed by atoms with Gasteiger partial charge < -0.3 is 15.5 Å². The summed E-state index contributed by atoms with van der Waals surface area (Å²) in [6.07, 6.45) is 0.653. The lowest BCUT2D eigenvalue weighted by atomic mass is 9.92. The molecule has 0 spiro atoms. The number of aryl methyl sites for hydroxylation is 1. The molecule has 0 unspecified atom stereocenters. The minimum absolute atomic E-state index is 0.0957. The number of rotatable bonds is 7. The van der Waals surface area contributed by atoms with E-state index in [1.54, 1.807) is 4.68 Å². The molecule has 3 aromatic rings. The van der Waals surface area contributed by atoms with Crippen LogP contribution in [0.5, 0.6) is 0 Å². The van der Waals surface area contributed by atoms with Crippen LogP contribution in [0, 0.1) is 12.7 Å². The van der Waals surface area contributed by atoms with Crippen LogP contribution in [0.4, 0.5) is 20.7 Å². The van der Waals surface area contributed by atoms with Crippen molar-refractivity contribution in [2.75, 3.05) is 23.7 Å². The summed E-state index contributed by atoms with van der Waals surface area (Å²) in [7, 11) is 0. The Labute approximate surface area is 210 Å². The van der Waals surface area contributed by atoms with Gasteiger partial charge in [0.15, 0.2) is 0 Å². The normalized spacial score (nSPS) is 11.3. The third kappa shape index (κ3) is 6.82. The van der Waals surface area contributed by atoms with Gasteiger partial charge in [0.1, 0.15) is 18.2 Å². The molecular formula is C26H31ClFN5O2. The molecule has 0 bridgehead atoms. The number of amides is 3. The first kappa shape index (κ1) is 26.2. The first-order chi connectivity index (χ1) is 16.5. The van der Waals surface area contributed by atoms with Gasteiger partial charge in [-0.15, -0.1) is 0 Å². The molecule has 0 aliphatic heterocycles. The molecule has 2 aromatic carbocycles. The summed E-state index contributed by atoms with van der Waals surface area (Å²) in [5.41, 5.74) is 2.88. The Kier molecular flexibility index (Phi) is 8.17. The quantitative estimate of drug-likeness (QED) is 0.409. The maximum absolute atomic E-state index is 13.4. The highest BCUT2D eigenvalue weighted by Gasteiger charge is 2.23. The lowest BCUT2D eigenvalue weighted by molar-refractivity contribution is -0.116. The minimum Gasteiger partial charge on any atom is -0.315 e. The van der Waals surface area contributed by atoms with E-state index in [4.69, 9.17) is 16.7 Å². The molecule has 186 valence electrons. The van der Waals surface area contributed by atoms with Crippen molar-refractivity contribution in [3.63, 3.8) is 0 Å². The molecule has 0 saturated heterocycles. The van der Waals surface area contributed by atoms with Crippen LogP contribution in [0.2, 0.25) is 5.02 Å². The molecule has 0 fully saturated rings. The molecule has 0 aliphatic carbocycles. The van der Waals surface area contributed by atoms with Crippen LogP contribution in [0.3, 0.4) is 0 Å². The average molecular weight is 500 g/mol. The average Bonchev–Trinajstić information content (AvgIpc) is 3.20. The molecule has 7 nitrogen and oxygen atoms in total. The van der Waals surface area contributed by atoms with Gasteiger partial charge >= 0.3 is 6.03 Å². The SMILES string of the molecule is CCCN(CC(=O)Nc1cc(C(C)(C)C)nn1-c1ccc(C)cc1)C(=O)Nc1ccc(F)c(Cl)c1. The molecule has 35 heavy (non-hydrogen) atoms. The third-order valence-electron chi connectivity index (χ3n) is 5.31. The van der Waals surface area contributed by atoms with Gasteiger partial charge in [0.2, 0.25) is 5.91 Å². The first-order valence-corrected chi connectivity index (χ1v) is 11.8. The van der Waals surface area contributed by atoms with Crippen molar-refractivity contribution in [3.8, 4) is 5.69 Å². The Morgan fingerprint density at radius 1 is 1.09 bits per heavy atom. The van der Waals surface area contributed by atoms with E-state index in [2.05, 4.69) is 31.4 Å². The second-order valence-corrected chi connectivity index (χ2v) is 9.85. The molecular weight excluding hydrogens is 469 g/mol. The van der Waals surface area contributed by atoms with Crippen molar-refractivity contribution >= 4 is 35.0 Å². The summed E-state index contributed by atoms with van der Waals surface area (Å²) in [6, 6.07) is 13.1. The zero-order chi connectivity index (χ0) is 25.8. The summed E-state index contributed by atoms with van der Waals surface area (Å²) in [4.78, 5) is 27.2. The summed E-state index contributed by atoms with van der Waals surface area (Å²) in [5.74, 6) is -0.417. The van der Waals surface area contributed by atoms with Gasteiger partial charge in [-0.05, 0) is 43.7 Å². The molecule has 9 heteroatoms. The molecule has 0 aliphatic rings. The van der Waals surface area contributed by atoms with Crippen molar-refractivity contribution in [2.24, 2.45) is 0 Å². The standard InChI is InChI=1S/C26H31ClFN5O2/c1-6-13-32(25(35)29-18-9-12-21(28)20(27)14-18)16-24(34)30-23-15-22(26(3,4)5)31-33(23)19-10-7-17(2)8-11-19/h7-12,14-15H,6,13,16H2,1-5H3,(H,29,35)(H,30,34). The number of hydrogen-bond donors (Lipinski definition) is 2. The van der Waals surface area contributed by atoms with Crippen LogP contribution in [-0.4, -0.2) is 39.7 Å². The van der Waals surface area contributed by atoms with Gasteiger partial charge in [-0.2, -0.15) is 5.10 Å². The van der Waals surface area contributed by atoms with Crippen LogP contribution < -0.4 is 10.6 Å². The van der Waals surface area contributed by atoms with Gasteiger partial charge in [0.05, 0.1) is 16.4 Å². The number of anilines is 2. The fourth-order valence-corrected chi connectivity index (χ4v) is 3.55. The summed E-state index contributed by atoms with van der Waals surface area (Å²) < 4.78 is 15.1. The van der Waals surface area contributed by atoms with Crippen LogP contribution in [-0.2, 0) is 10.2 Å². The summed E-state index contributed by atoms with van der Waals surface area (Å²) in [5, 5.41) is 10.2. The second-order valence-electron chi connectivity index (χ2n) is 9.44. The number of halogens is 2. The molecule has 0 saturated carbocycles. The number of nitrogens with one attached hydrogen (secondary N) is 2. The Morgan fingerprint density at radius 3 is 2.37 bits per heavy atom. The number of carbonyl (C=O) groups is 2. The minimum atomic E-state index is -0.575. The van der Waals surface area contributed by atoms with E-state index in [0.29, 0.717) is 24.5 Å². The number of benzene rings is 2. The van der Waals surface area contributed by atoms with E-state index < -0.39 is 11.8 Å². The predicted molar refractivity (Wildman–Crippen MR) is 138 cm³/mol. The van der Waals surface area contributed by atoms with E-state index in [0.717, 1.165) is 16.9 Å². The van der Waals surface area contributed by atoms with Crippen molar-refractivity contribution in [3.05, 3.63) is 70.6 Å². The van der Waals surface area contributed by atoms with E-state index in [1.807, 2.05) is 44.2 Å². The zero-order valence-electron chi connectivity index (χ0n) is 20.7. The predicted octanol–water partition coefficient (Wildman–Crippen LogP) is 6.15. The van der Waals surface area contributed by atoms with Crippen molar-refractivity contribution in [1.82, 2.24) is 14.7 Å². The Bertz CT molecular complexity index is 1200. The highest BCUT2D eigenvalue weighted by atomic mass is 35.5. The molecule has 2 N–H and O–H groups in total. The monoisotopic (exact) mass is 499 g/mol. The van der Waals surface area contributed by atoms with Crippen LogP contribution in [0.25, 0.3) is 5.69 Å². The van der Waals surface area contributed by atoms with Crippen molar-refractivity contribution in [1.29, 1.82) is 0 Å². The van der Waals surface area contributed by atoms with Gasteiger partial charge in [-0.3, -0.25) is 4.79 Å². The van der Waals surface area contributed by atoms with Crippen LogP contribution >= 0.6 is 11.6 Å². The maximum Gasteiger partial charge on any atom is 0.322 e. The van der Waals surface area contributed by atoms with Gasteiger partial charge in [-0.1, -0.05) is 57.0 Å². The smallest absolute Gasteiger partial charge is 0.315 e. The third-order valence-corrected chi connectivity index (χ3v) is 5.60. The van der Waals surface area contributed by atoms with E-state index >= 15 is 0 Å². The topological polar surface area (TPSA) is 79.3 Å². The number of nitrogens with zero attached hydrogens (tertiary/aromatic N) is 3. The molecule has 1 heterocycles. The largest absolute Gasteiger partial charge is 0.322 e. The zero-order valence-corrected chi connectivity index (χ0v) is 21.4. The number of hydrogen-bond acceptors (Lipinski definition) is 3. The highest BCUT2D eigenvalue weighted by Crippen LogP contribution is 2.26. The Hall–Kier alpha value is -3.39. The molecule has 3 amide bonds. The van der Waals surface area contributed by atoms with Crippen molar-refractivity contribution in [2.45, 2.75) is 46.5 Å². The molecule has 0 radical (unpaired) electrons. The lowest BCUT2D eigenvalue weighted by Gasteiger charge is -2.22. The van der Waals surface area contributed by atoms with Gasteiger partial charge in [-0.25, -0.2) is 13.9 Å². The first-order valence-electron chi connectivity index (χ1n) is 11.5. The Balaban J connectivity index is 1.79. The highest BCUT2D eigenvalue weighted by molar-refractivity contribution is 6.31. The lowest BCUT2D eigenvalue weighted by Crippen LogP contribution is -2.41. The second kappa shape index (κ2) is 10.9. The number of carbonyl (C=O) groups excluding carboxylic acids is 2. The van der Waals surface area contributed by atoms with Crippen molar-refractivity contribution < 1.29 is 14.0 Å². The molecule has 1 aromatic heterocycles. The molecule has 0 atom stereocenters. The van der Waals surface area contributed by atoms with E-state index in [9.17, 15) is 14.0 Å². The summed E-state index contributed by atoms with van der Waals surface area (Å²) in [6.45, 7) is 10.3.